The van der Waals surface area contributed by atoms with Crippen molar-refractivity contribution in [2.24, 2.45) is 5.41 Å². The van der Waals surface area contributed by atoms with Gasteiger partial charge in [0.2, 0.25) is 0 Å². The van der Waals surface area contributed by atoms with E-state index in [2.05, 4.69) is 13.8 Å². The Morgan fingerprint density at radius 1 is 1.07 bits per heavy atom. The smallest absolute Gasteiger partial charge is 0.187 e. The normalized spacial score (nSPS) is 50.4. The first kappa shape index (κ1) is 21.1. The largest absolute Gasteiger partial charge is 0.394 e. The molecule has 1 aliphatic carbocycles. The molecule has 0 bridgehead atoms. The molecule has 8 nitrogen and oxygen atoms in total. The first-order valence-electron chi connectivity index (χ1n) is 9.50. The van der Waals surface area contributed by atoms with Gasteiger partial charge in [0.1, 0.15) is 35.6 Å². The average molecular weight is 388 g/mol. The van der Waals surface area contributed by atoms with Crippen molar-refractivity contribution in [2.75, 3.05) is 6.61 Å². The molecule has 3 rings (SSSR count). The maximum Gasteiger partial charge on any atom is 0.187 e. The molecule has 8 heteroatoms. The maximum absolute atomic E-state index is 10.1. The minimum Gasteiger partial charge on any atom is -0.394 e. The Kier molecular flexibility index (Phi) is 5.51. The molecular weight excluding hydrogens is 356 g/mol. The van der Waals surface area contributed by atoms with E-state index < -0.39 is 60.7 Å². The molecular formula is C19H32O8. The first-order chi connectivity index (χ1) is 12.5. The lowest BCUT2D eigenvalue weighted by Gasteiger charge is -2.40. The van der Waals surface area contributed by atoms with E-state index in [1.54, 1.807) is 6.92 Å². The van der Waals surface area contributed by atoms with Crippen LogP contribution in [0.4, 0.5) is 0 Å². The van der Waals surface area contributed by atoms with Crippen LogP contribution in [0.5, 0.6) is 0 Å². The highest BCUT2D eigenvalue weighted by atomic mass is 16.7. The molecule has 0 aromatic heterocycles. The summed E-state index contributed by atoms with van der Waals surface area (Å²) in [5.74, 6) is 0. The van der Waals surface area contributed by atoms with Crippen molar-refractivity contribution in [3.05, 3.63) is 12.2 Å². The zero-order valence-corrected chi connectivity index (χ0v) is 16.3. The molecule has 0 radical (unpaired) electrons. The third-order valence-corrected chi connectivity index (χ3v) is 6.31. The zero-order chi connectivity index (χ0) is 20.2. The summed E-state index contributed by atoms with van der Waals surface area (Å²) < 4.78 is 17.1. The summed E-state index contributed by atoms with van der Waals surface area (Å²) in [6.45, 7) is 7.38. The van der Waals surface area contributed by atoms with Gasteiger partial charge >= 0.3 is 0 Å². The molecule has 0 amide bonds. The van der Waals surface area contributed by atoms with E-state index in [0.29, 0.717) is 12.8 Å². The highest BCUT2D eigenvalue weighted by molar-refractivity contribution is 5.32. The third-order valence-electron chi connectivity index (χ3n) is 6.31. The van der Waals surface area contributed by atoms with Crippen LogP contribution in [0.1, 0.15) is 40.5 Å². The van der Waals surface area contributed by atoms with Gasteiger partial charge in [-0.25, -0.2) is 0 Å². The number of hydrogen-bond donors (Lipinski definition) is 5. The zero-order valence-electron chi connectivity index (χ0n) is 16.3. The van der Waals surface area contributed by atoms with Crippen molar-refractivity contribution in [3.63, 3.8) is 0 Å². The number of aliphatic hydroxyl groups excluding tert-OH is 5. The summed E-state index contributed by atoms with van der Waals surface area (Å²) in [6.07, 6.45) is -2.39. The molecule has 3 fully saturated rings. The molecule has 9 unspecified atom stereocenters. The Hall–Kier alpha value is -0.580. The van der Waals surface area contributed by atoms with Crippen LogP contribution in [-0.2, 0) is 14.2 Å². The summed E-state index contributed by atoms with van der Waals surface area (Å²) in [5.41, 5.74) is -1.17. The molecule has 0 aromatic carbocycles. The fourth-order valence-electron chi connectivity index (χ4n) is 4.78. The van der Waals surface area contributed by atoms with Crippen molar-refractivity contribution in [1.29, 1.82) is 0 Å². The lowest BCUT2D eigenvalue weighted by molar-refractivity contribution is -0.306. The van der Waals surface area contributed by atoms with Gasteiger partial charge in [-0.1, -0.05) is 26.0 Å². The predicted molar refractivity (Wildman–Crippen MR) is 94.7 cm³/mol. The van der Waals surface area contributed by atoms with Crippen LogP contribution in [-0.4, -0.2) is 86.3 Å². The fraction of sp³-hybridized carbons (Fsp3) is 0.895. The van der Waals surface area contributed by atoms with E-state index >= 15 is 0 Å². The van der Waals surface area contributed by atoms with E-state index in [4.69, 9.17) is 14.2 Å². The first-order valence-corrected chi connectivity index (χ1v) is 9.50. The monoisotopic (exact) mass is 388 g/mol. The van der Waals surface area contributed by atoms with Crippen LogP contribution in [0.2, 0.25) is 0 Å². The summed E-state index contributed by atoms with van der Waals surface area (Å²) in [6, 6.07) is 0. The lowest BCUT2D eigenvalue weighted by atomic mass is 9.63. The Balaban J connectivity index is 1.67. The predicted octanol–water partition coefficient (Wildman–Crippen LogP) is -0.544. The molecule has 0 spiro atoms. The summed E-state index contributed by atoms with van der Waals surface area (Å²) in [4.78, 5) is 0. The van der Waals surface area contributed by atoms with Gasteiger partial charge in [0.25, 0.3) is 0 Å². The topological polar surface area (TPSA) is 132 Å². The minimum absolute atomic E-state index is 0.251. The average Bonchev–Trinajstić information content (AvgIpc) is 3.19. The molecule has 156 valence electrons. The molecule has 5 N–H and O–H groups in total. The molecule has 2 aliphatic heterocycles. The van der Waals surface area contributed by atoms with Gasteiger partial charge in [-0.3, -0.25) is 0 Å². The van der Waals surface area contributed by atoms with Gasteiger partial charge < -0.3 is 39.7 Å². The van der Waals surface area contributed by atoms with Crippen LogP contribution < -0.4 is 0 Å². The lowest BCUT2D eigenvalue weighted by Crippen LogP contribution is -2.59. The summed E-state index contributed by atoms with van der Waals surface area (Å²) in [5, 5.41) is 49.1. The van der Waals surface area contributed by atoms with Crippen molar-refractivity contribution < 1.29 is 39.7 Å². The van der Waals surface area contributed by atoms with E-state index in [1.807, 2.05) is 19.1 Å². The van der Waals surface area contributed by atoms with E-state index in [0.717, 1.165) is 0 Å². The second-order valence-corrected chi connectivity index (χ2v) is 8.91. The van der Waals surface area contributed by atoms with Gasteiger partial charge in [0, 0.05) is 11.8 Å². The van der Waals surface area contributed by atoms with Crippen LogP contribution in [0.25, 0.3) is 0 Å². The Labute approximate surface area is 159 Å². The standard InChI is InChI=1S/C19H32O8/c1-10(25-16-15(24)14(23)13(22)12(9-20)26-16)5-6-19-17(2,3)7-11(21)8-18(19,4)27-19/h5-6,10-16,20-24H,7-9H2,1-4H3. The van der Waals surface area contributed by atoms with E-state index in [9.17, 15) is 25.5 Å². The van der Waals surface area contributed by atoms with Crippen molar-refractivity contribution >= 4 is 0 Å². The fourth-order valence-corrected chi connectivity index (χ4v) is 4.78. The second kappa shape index (κ2) is 7.03. The van der Waals surface area contributed by atoms with Gasteiger partial charge in [0.05, 0.1) is 18.8 Å². The summed E-state index contributed by atoms with van der Waals surface area (Å²) in [7, 11) is 0. The molecule has 1 saturated carbocycles. The van der Waals surface area contributed by atoms with Crippen molar-refractivity contribution in [2.45, 2.75) is 94.7 Å². The van der Waals surface area contributed by atoms with Crippen LogP contribution in [0.3, 0.4) is 0 Å². The Morgan fingerprint density at radius 2 is 1.74 bits per heavy atom. The molecule has 27 heavy (non-hydrogen) atoms. The number of rotatable bonds is 5. The van der Waals surface area contributed by atoms with Crippen LogP contribution in [0.15, 0.2) is 12.2 Å². The minimum atomic E-state index is -1.47. The SMILES string of the molecule is CC(C=CC12OC1(C)CC(O)CC2(C)C)OC1OC(CO)C(O)C(O)C1O. The van der Waals surface area contributed by atoms with Gasteiger partial charge in [-0.05, 0) is 20.3 Å². The van der Waals surface area contributed by atoms with Gasteiger partial charge in [-0.2, -0.15) is 0 Å². The Bertz CT molecular complexity index is 578. The highest BCUT2D eigenvalue weighted by Crippen LogP contribution is 2.66. The third kappa shape index (κ3) is 3.47. The summed E-state index contributed by atoms with van der Waals surface area (Å²) >= 11 is 0. The van der Waals surface area contributed by atoms with E-state index in [-0.39, 0.29) is 5.41 Å². The van der Waals surface area contributed by atoms with Crippen LogP contribution >= 0.6 is 0 Å². The molecule has 2 heterocycles. The molecule has 9 atom stereocenters. The number of ether oxygens (including phenoxy) is 3. The van der Waals surface area contributed by atoms with Gasteiger partial charge in [0.15, 0.2) is 6.29 Å². The number of hydrogen-bond acceptors (Lipinski definition) is 8. The van der Waals surface area contributed by atoms with Crippen molar-refractivity contribution in [3.8, 4) is 0 Å². The van der Waals surface area contributed by atoms with E-state index in [1.165, 1.54) is 0 Å². The Morgan fingerprint density at radius 3 is 2.33 bits per heavy atom. The highest BCUT2D eigenvalue weighted by Gasteiger charge is 2.74. The number of epoxide rings is 1. The number of fused-ring (bicyclic) bond motifs is 1. The molecule has 3 aliphatic rings. The molecule has 0 aromatic rings. The molecule has 2 saturated heterocycles. The second-order valence-electron chi connectivity index (χ2n) is 8.91. The maximum atomic E-state index is 10.1. The van der Waals surface area contributed by atoms with Crippen LogP contribution in [0, 0.1) is 5.41 Å². The quantitative estimate of drug-likeness (QED) is 0.313. The van der Waals surface area contributed by atoms with Crippen molar-refractivity contribution in [1.82, 2.24) is 0 Å². The number of aliphatic hydroxyl groups is 5. The van der Waals surface area contributed by atoms with Gasteiger partial charge in [-0.15, -0.1) is 0 Å².